The lowest BCUT2D eigenvalue weighted by atomic mass is 9.97. The van der Waals surface area contributed by atoms with Crippen LogP contribution in [0.3, 0.4) is 0 Å². The first-order valence-electron chi connectivity index (χ1n) is 7.20. The van der Waals surface area contributed by atoms with E-state index in [-0.39, 0.29) is 23.8 Å². The number of nitrogens with one attached hydrogen (secondary N) is 2. The zero-order chi connectivity index (χ0) is 14.5. The van der Waals surface area contributed by atoms with Crippen molar-refractivity contribution in [3.8, 4) is 0 Å². The van der Waals surface area contributed by atoms with Gasteiger partial charge in [0, 0.05) is 25.9 Å². The number of likely N-dealkylation sites (tertiary alicyclic amines) is 1. The van der Waals surface area contributed by atoms with Gasteiger partial charge in [0.05, 0.1) is 25.6 Å². The first kappa shape index (κ1) is 14.8. The number of hydrogen-bond donors (Lipinski definition) is 2. The number of amides is 3. The smallest absolute Gasteiger partial charge is 0.324 e. The highest BCUT2D eigenvalue weighted by atomic mass is 16.5. The molecular weight excluding hydrogens is 262 g/mol. The molecule has 7 nitrogen and oxygen atoms in total. The molecule has 2 rings (SSSR count). The Morgan fingerprint density at radius 1 is 1.40 bits per heavy atom. The number of esters is 1. The van der Waals surface area contributed by atoms with Gasteiger partial charge in [-0.05, 0) is 6.92 Å². The quantitative estimate of drug-likeness (QED) is 0.609. The highest BCUT2D eigenvalue weighted by Gasteiger charge is 2.32. The molecule has 3 amide bonds. The summed E-state index contributed by atoms with van der Waals surface area (Å²) < 4.78 is 5.02. The van der Waals surface area contributed by atoms with Crippen LogP contribution in [0.1, 0.15) is 19.8 Å². The normalized spacial score (nSPS) is 26.2. The number of urea groups is 1. The molecule has 2 aliphatic heterocycles. The van der Waals surface area contributed by atoms with E-state index >= 15 is 0 Å². The lowest BCUT2D eigenvalue weighted by molar-refractivity contribution is -0.898. The van der Waals surface area contributed by atoms with Crippen LogP contribution in [0.4, 0.5) is 4.79 Å². The van der Waals surface area contributed by atoms with Gasteiger partial charge in [-0.25, -0.2) is 4.79 Å². The summed E-state index contributed by atoms with van der Waals surface area (Å²) in [5.74, 6) is -0.301. The zero-order valence-electron chi connectivity index (χ0n) is 11.8. The van der Waals surface area contributed by atoms with Crippen LogP contribution in [0.2, 0.25) is 0 Å². The van der Waals surface area contributed by atoms with E-state index in [1.165, 1.54) is 4.90 Å². The van der Waals surface area contributed by atoms with E-state index in [1.54, 1.807) is 6.92 Å². The number of nitrogens with zero attached hydrogens (tertiary/aromatic N) is 1. The van der Waals surface area contributed by atoms with E-state index in [0.29, 0.717) is 26.2 Å². The third-order valence-corrected chi connectivity index (χ3v) is 3.87. The minimum atomic E-state index is -0.296. The van der Waals surface area contributed by atoms with Crippen molar-refractivity contribution in [1.82, 2.24) is 10.2 Å². The fourth-order valence-electron chi connectivity index (χ4n) is 2.72. The fraction of sp³-hybridized carbons (Fsp3) is 0.769. The Hall–Kier alpha value is -1.63. The van der Waals surface area contributed by atoms with Crippen molar-refractivity contribution >= 4 is 17.9 Å². The number of carbonyl (C=O) groups is 3. The molecule has 0 unspecified atom stereocenters. The van der Waals surface area contributed by atoms with E-state index in [4.69, 9.17) is 4.74 Å². The lowest BCUT2D eigenvalue weighted by Crippen LogP contribution is -3.14. The van der Waals surface area contributed by atoms with Crippen LogP contribution in [0, 0.1) is 5.92 Å². The van der Waals surface area contributed by atoms with Crippen LogP contribution in [0.25, 0.3) is 0 Å². The van der Waals surface area contributed by atoms with Crippen LogP contribution >= 0.6 is 0 Å². The molecular formula is C13H22N3O4+. The monoisotopic (exact) mass is 284 g/mol. The molecule has 0 aromatic heterocycles. The lowest BCUT2D eigenvalue weighted by Gasteiger charge is -2.28. The maximum absolute atomic E-state index is 12.0. The molecule has 2 fully saturated rings. The molecule has 0 aromatic rings. The molecule has 0 saturated carbocycles. The van der Waals surface area contributed by atoms with Gasteiger partial charge in [0.25, 0.3) is 5.91 Å². The summed E-state index contributed by atoms with van der Waals surface area (Å²) in [5, 5.41) is 2.62. The number of carbonyl (C=O) groups excluding carboxylic acids is 3. The summed E-state index contributed by atoms with van der Waals surface area (Å²) in [6, 6.07) is -0.296. The Kier molecular flexibility index (Phi) is 4.94. The van der Waals surface area contributed by atoms with Crippen molar-refractivity contribution in [1.29, 1.82) is 0 Å². The minimum Gasteiger partial charge on any atom is -0.466 e. The summed E-state index contributed by atoms with van der Waals surface area (Å²) in [4.78, 5) is 37.4. The molecule has 0 aliphatic carbocycles. The van der Waals surface area contributed by atoms with Crippen LogP contribution in [-0.2, 0) is 14.3 Å². The SMILES string of the molecule is CCOC(=O)C1CC[NH+](CC(=O)N2CCNC2=O)CC1. The van der Waals surface area contributed by atoms with E-state index in [0.717, 1.165) is 30.8 Å². The Bertz CT molecular complexity index is 391. The van der Waals surface area contributed by atoms with E-state index < -0.39 is 0 Å². The Morgan fingerprint density at radius 3 is 2.65 bits per heavy atom. The molecule has 0 radical (unpaired) electrons. The van der Waals surface area contributed by atoms with Crippen LogP contribution in [-0.4, -0.2) is 62.1 Å². The number of imide groups is 1. The maximum Gasteiger partial charge on any atom is 0.324 e. The largest absolute Gasteiger partial charge is 0.466 e. The van der Waals surface area contributed by atoms with E-state index in [9.17, 15) is 14.4 Å². The number of hydrogen-bond acceptors (Lipinski definition) is 4. The molecule has 0 spiro atoms. The van der Waals surface area contributed by atoms with Gasteiger partial charge in [0.15, 0.2) is 6.54 Å². The molecule has 7 heteroatoms. The second-order valence-corrected chi connectivity index (χ2v) is 5.23. The molecule has 112 valence electrons. The second kappa shape index (κ2) is 6.69. The van der Waals surface area contributed by atoms with Crippen LogP contribution in [0.15, 0.2) is 0 Å². The highest BCUT2D eigenvalue weighted by Crippen LogP contribution is 2.11. The van der Waals surface area contributed by atoms with Gasteiger partial charge in [-0.15, -0.1) is 0 Å². The fourth-order valence-corrected chi connectivity index (χ4v) is 2.72. The number of piperidine rings is 1. The topological polar surface area (TPSA) is 80.2 Å². The first-order valence-corrected chi connectivity index (χ1v) is 7.20. The van der Waals surface area contributed by atoms with Gasteiger partial charge in [-0.2, -0.15) is 0 Å². The molecule has 20 heavy (non-hydrogen) atoms. The molecule has 0 aromatic carbocycles. The van der Waals surface area contributed by atoms with Gasteiger partial charge in [0.2, 0.25) is 0 Å². The average Bonchev–Trinajstić information content (AvgIpc) is 2.86. The van der Waals surface area contributed by atoms with Crippen molar-refractivity contribution in [2.75, 3.05) is 39.3 Å². The molecule has 0 atom stereocenters. The highest BCUT2D eigenvalue weighted by molar-refractivity contribution is 5.96. The third-order valence-electron chi connectivity index (χ3n) is 3.87. The molecule has 2 aliphatic rings. The summed E-state index contributed by atoms with van der Waals surface area (Å²) in [6.07, 6.45) is 1.49. The Morgan fingerprint density at radius 2 is 2.10 bits per heavy atom. The van der Waals surface area contributed by atoms with E-state index in [1.807, 2.05) is 0 Å². The van der Waals surface area contributed by atoms with Gasteiger partial charge >= 0.3 is 12.0 Å². The molecule has 2 N–H and O–H groups in total. The molecule has 2 heterocycles. The maximum atomic E-state index is 12.0. The van der Waals surface area contributed by atoms with Crippen molar-refractivity contribution in [2.24, 2.45) is 5.92 Å². The van der Waals surface area contributed by atoms with E-state index in [2.05, 4.69) is 5.32 Å². The number of quaternary nitrogens is 1. The predicted molar refractivity (Wildman–Crippen MR) is 70.0 cm³/mol. The van der Waals surface area contributed by atoms with Crippen LogP contribution in [0.5, 0.6) is 0 Å². The van der Waals surface area contributed by atoms with Gasteiger partial charge in [0.1, 0.15) is 0 Å². The predicted octanol–water partition coefficient (Wildman–Crippen LogP) is -1.60. The summed E-state index contributed by atoms with van der Waals surface area (Å²) in [7, 11) is 0. The zero-order valence-corrected chi connectivity index (χ0v) is 11.8. The van der Waals surface area contributed by atoms with Crippen molar-refractivity contribution in [2.45, 2.75) is 19.8 Å². The number of rotatable bonds is 4. The molecule has 2 saturated heterocycles. The van der Waals surface area contributed by atoms with Crippen molar-refractivity contribution < 1.29 is 24.0 Å². The van der Waals surface area contributed by atoms with Crippen LogP contribution < -0.4 is 10.2 Å². The standard InChI is InChI=1S/C13H21N3O4/c1-2-20-12(18)10-3-6-15(7-4-10)9-11(17)16-8-5-14-13(16)19/h10H,2-9H2,1H3,(H,14,19)/p+1. The minimum absolute atomic E-state index is 0.0381. The average molecular weight is 284 g/mol. The van der Waals surface area contributed by atoms with Gasteiger partial charge < -0.3 is 15.0 Å². The third kappa shape index (κ3) is 3.47. The summed E-state index contributed by atoms with van der Waals surface area (Å²) in [5.41, 5.74) is 0. The van der Waals surface area contributed by atoms with Gasteiger partial charge in [-0.3, -0.25) is 14.5 Å². The van der Waals surface area contributed by atoms with Crippen molar-refractivity contribution in [3.63, 3.8) is 0 Å². The molecule has 0 bridgehead atoms. The summed E-state index contributed by atoms with van der Waals surface area (Å²) in [6.45, 7) is 5.06. The van der Waals surface area contributed by atoms with Gasteiger partial charge in [-0.1, -0.05) is 0 Å². The second-order valence-electron chi connectivity index (χ2n) is 5.23. The Labute approximate surface area is 118 Å². The first-order chi connectivity index (χ1) is 9.61. The van der Waals surface area contributed by atoms with Crippen molar-refractivity contribution in [3.05, 3.63) is 0 Å². The Balaban J connectivity index is 1.75. The number of ether oxygens (including phenoxy) is 1. The summed E-state index contributed by atoms with van der Waals surface area (Å²) >= 11 is 0.